The van der Waals surface area contributed by atoms with E-state index in [9.17, 15) is 5.11 Å². The summed E-state index contributed by atoms with van der Waals surface area (Å²) in [4.78, 5) is 12.4. The first-order valence-corrected chi connectivity index (χ1v) is 6.74. The highest BCUT2D eigenvalue weighted by Gasteiger charge is 2.08. The van der Waals surface area contributed by atoms with Gasteiger partial charge in [-0.05, 0) is 38.1 Å². The van der Waals surface area contributed by atoms with E-state index in [1.54, 1.807) is 32.4 Å². The van der Waals surface area contributed by atoms with Crippen molar-refractivity contribution in [1.82, 2.24) is 19.5 Å². The third kappa shape index (κ3) is 2.90. The van der Waals surface area contributed by atoms with Crippen molar-refractivity contribution in [1.29, 1.82) is 0 Å². The van der Waals surface area contributed by atoms with Gasteiger partial charge in [0.2, 0.25) is 5.95 Å². The lowest BCUT2D eigenvalue weighted by Gasteiger charge is -2.06. The maximum Gasteiger partial charge on any atom is 0.221 e. The van der Waals surface area contributed by atoms with Crippen molar-refractivity contribution < 1.29 is 5.11 Å². The van der Waals surface area contributed by atoms with Crippen molar-refractivity contribution in [2.24, 2.45) is 0 Å². The Bertz CT molecular complexity index is 896. The highest BCUT2D eigenvalue weighted by atomic mass is 16.3. The lowest BCUT2D eigenvalue weighted by molar-refractivity contribution is 0.143. The van der Waals surface area contributed by atoms with E-state index in [2.05, 4.69) is 26.8 Å². The molecule has 110 valence electrons. The molecule has 3 aromatic rings. The maximum absolute atomic E-state index is 9.69. The second kappa shape index (κ2) is 5.13. The first-order valence-electron chi connectivity index (χ1n) is 6.74. The molecular formula is C16H15N5O. The normalized spacial score (nSPS) is 11.2. The zero-order valence-electron chi connectivity index (χ0n) is 12.3. The molecule has 3 rings (SSSR count). The summed E-state index contributed by atoms with van der Waals surface area (Å²) in [6.45, 7) is 3.29. The number of hydrogen-bond acceptors (Lipinski definition) is 5. The van der Waals surface area contributed by atoms with Gasteiger partial charge < -0.3 is 10.8 Å². The molecule has 6 nitrogen and oxygen atoms in total. The minimum atomic E-state index is -1.03. The standard InChI is InChI=1S/C16H15N5O/c1-16(2,22)7-5-11-3-4-12-13(9-11)21(10-19-12)14-6-8-18-15(17)20-14/h3-4,6,8-10,22H,1-2H3,(H2,17,18,20). The zero-order valence-corrected chi connectivity index (χ0v) is 12.3. The SMILES string of the molecule is CC(C)(O)C#Cc1ccc2ncn(-c3ccnc(N)n3)c2c1. The minimum Gasteiger partial charge on any atom is -0.378 e. The third-order valence-corrected chi connectivity index (χ3v) is 2.97. The Kier molecular flexibility index (Phi) is 3.28. The van der Waals surface area contributed by atoms with Crippen LogP contribution in [0.2, 0.25) is 0 Å². The van der Waals surface area contributed by atoms with Crippen molar-refractivity contribution in [2.75, 3.05) is 5.73 Å². The van der Waals surface area contributed by atoms with E-state index in [0.717, 1.165) is 16.6 Å². The number of hydrogen-bond donors (Lipinski definition) is 2. The molecule has 0 aliphatic heterocycles. The second-order valence-electron chi connectivity index (χ2n) is 5.40. The predicted molar refractivity (Wildman–Crippen MR) is 84.2 cm³/mol. The molecule has 2 heterocycles. The second-order valence-corrected chi connectivity index (χ2v) is 5.40. The molecule has 6 heteroatoms. The summed E-state index contributed by atoms with van der Waals surface area (Å²) < 4.78 is 1.82. The number of nitrogen functional groups attached to an aromatic ring is 1. The fourth-order valence-corrected chi connectivity index (χ4v) is 1.99. The molecule has 2 aromatic heterocycles. The van der Waals surface area contributed by atoms with Crippen LogP contribution in [0.4, 0.5) is 5.95 Å². The number of fused-ring (bicyclic) bond motifs is 1. The molecule has 0 aliphatic carbocycles. The molecule has 22 heavy (non-hydrogen) atoms. The van der Waals surface area contributed by atoms with Crippen molar-refractivity contribution in [3.05, 3.63) is 42.4 Å². The Hall–Kier alpha value is -2.91. The summed E-state index contributed by atoms with van der Waals surface area (Å²) in [5, 5.41) is 9.69. The van der Waals surface area contributed by atoms with Gasteiger partial charge >= 0.3 is 0 Å². The fraction of sp³-hybridized carbons (Fsp3) is 0.188. The van der Waals surface area contributed by atoms with Gasteiger partial charge in [-0.25, -0.2) is 9.97 Å². The quantitative estimate of drug-likeness (QED) is 0.664. The van der Waals surface area contributed by atoms with E-state index in [1.165, 1.54) is 0 Å². The van der Waals surface area contributed by atoms with Crippen LogP contribution in [-0.4, -0.2) is 30.2 Å². The van der Waals surface area contributed by atoms with Crippen LogP contribution in [-0.2, 0) is 0 Å². The molecule has 0 unspecified atom stereocenters. The molecule has 0 amide bonds. The Balaban J connectivity index is 2.11. The van der Waals surface area contributed by atoms with E-state index in [0.29, 0.717) is 5.82 Å². The summed E-state index contributed by atoms with van der Waals surface area (Å²) in [5.41, 5.74) is 7.07. The van der Waals surface area contributed by atoms with Gasteiger partial charge in [0.25, 0.3) is 0 Å². The van der Waals surface area contributed by atoms with Crippen molar-refractivity contribution >= 4 is 17.0 Å². The van der Waals surface area contributed by atoms with E-state index >= 15 is 0 Å². The van der Waals surface area contributed by atoms with Crippen molar-refractivity contribution in [3.8, 4) is 17.7 Å². The average molecular weight is 293 g/mol. The molecule has 0 aliphatic rings. The Labute approximate surface area is 127 Å². The summed E-state index contributed by atoms with van der Waals surface area (Å²) in [5.74, 6) is 6.60. The predicted octanol–water partition coefficient (Wildman–Crippen LogP) is 1.52. The average Bonchev–Trinajstić information content (AvgIpc) is 2.87. The van der Waals surface area contributed by atoms with Gasteiger partial charge in [-0.3, -0.25) is 4.57 Å². The Morgan fingerprint density at radius 2 is 2.05 bits per heavy atom. The number of anilines is 1. The Morgan fingerprint density at radius 1 is 1.23 bits per heavy atom. The fourth-order valence-electron chi connectivity index (χ4n) is 1.99. The van der Waals surface area contributed by atoms with Gasteiger partial charge in [0.05, 0.1) is 11.0 Å². The van der Waals surface area contributed by atoms with Crippen LogP contribution in [0.3, 0.4) is 0 Å². The van der Waals surface area contributed by atoms with E-state index < -0.39 is 5.60 Å². The zero-order chi connectivity index (χ0) is 15.7. The van der Waals surface area contributed by atoms with Gasteiger partial charge in [0, 0.05) is 11.8 Å². The van der Waals surface area contributed by atoms with Crippen LogP contribution in [0.25, 0.3) is 16.9 Å². The van der Waals surface area contributed by atoms with Crippen LogP contribution in [0.5, 0.6) is 0 Å². The molecule has 0 bridgehead atoms. The number of aliphatic hydroxyl groups is 1. The topological polar surface area (TPSA) is 89.9 Å². The van der Waals surface area contributed by atoms with Crippen LogP contribution in [0.15, 0.2) is 36.8 Å². The third-order valence-electron chi connectivity index (χ3n) is 2.97. The number of rotatable bonds is 1. The molecule has 0 atom stereocenters. The molecule has 3 N–H and O–H groups in total. The lowest BCUT2D eigenvalue weighted by Crippen LogP contribution is -2.14. The van der Waals surface area contributed by atoms with Gasteiger partial charge in [-0.2, -0.15) is 4.98 Å². The number of nitrogens with two attached hydrogens (primary N) is 1. The molecule has 0 saturated heterocycles. The first kappa shape index (κ1) is 14.0. The van der Waals surface area contributed by atoms with Crippen LogP contribution < -0.4 is 5.73 Å². The van der Waals surface area contributed by atoms with Gasteiger partial charge in [-0.1, -0.05) is 11.8 Å². The largest absolute Gasteiger partial charge is 0.378 e. The summed E-state index contributed by atoms with van der Waals surface area (Å²) in [6.07, 6.45) is 3.28. The van der Waals surface area contributed by atoms with Crippen LogP contribution >= 0.6 is 0 Å². The first-order chi connectivity index (χ1) is 10.4. The summed E-state index contributed by atoms with van der Waals surface area (Å²) in [6, 6.07) is 7.41. The lowest BCUT2D eigenvalue weighted by atomic mass is 10.1. The molecule has 0 spiro atoms. The number of aromatic nitrogens is 4. The molecule has 1 aromatic carbocycles. The highest BCUT2D eigenvalue weighted by molar-refractivity contribution is 5.78. The number of nitrogens with zero attached hydrogens (tertiary/aromatic N) is 4. The van der Waals surface area contributed by atoms with E-state index in [1.807, 2.05) is 22.8 Å². The Morgan fingerprint density at radius 3 is 2.77 bits per heavy atom. The van der Waals surface area contributed by atoms with Gasteiger partial charge in [0.15, 0.2) is 0 Å². The van der Waals surface area contributed by atoms with Gasteiger partial charge in [-0.15, -0.1) is 0 Å². The molecule has 0 radical (unpaired) electrons. The molecule has 0 fully saturated rings. The van der Waals surface area contributed by atoms with Crippen LogP contribution in [0.1, 0.15) is 19.4 Å². The maximum atomic E-state index is 9.69. The summed E-state index contributed by atoms with van der Waals surface area (Å²) in [7, 11) is 0. The van der Waals surface area contributed by atoms with Crippen LogP contribution in [0, 0.1) is 11.8 Å². The number of imidazole rings is 1. The number of benzene rings is 1. The van der Waals surface area contributed by atoms with E-state index in [4.69, 9.17) is 5.73 Å². The van der Waals surface area contributed by atoms with Crippen molar-refractivity contribution in [2.45, 2.75) is 19.4 Å². The minimum absolute atomic E-state index is 0.206. The van der Waals surface area contributed by atoms with Crippen molar-refractivity contribution in [3.63, 3.8) is 0 Å². The summed E-state index contributed by atoms with van der Waals surface area (Å²) >= 11 is 0. The molecular weight excluding hydrogens is 278 g/mol. The van der Waals surface area contributed by atoms with Gasteiger partial charge in [0.1, 0.15) is 17.7 Å². The monoisotopic (exact) mass is 293 g/mol. The molecule has 0 saturated carbocycles. The van der Waals surface area contributed by atoms with E-state index in [-0.39, 0.29) is 5.95 Å². The highest BCUT2D eigenvalue weighted by Crippen LogP contribution is 2.18. The smallest absolute Gasteiger partial charge is 0.221 e.